The van der Waals surface area contributed by atoms with Gasteiger partial charge in [-0.3, -0.25) is 4.79 Å². The Hall–Kier alpha value is -1.69. The molecule has 0 unspecified atom stereocenters. The molecule has 1 aliphatic rings. The molecule has 1 N–H and O–H groups in total. The normalized spacial score (nSPS) is 14.9. The lowest BCUT2D eigenvalue weighted by molar-refractivity contribution is 0.0950. The van der Waals surface area contributed by atoms with Crippen molar-refractivity contribution in [2.75, 3.05) is 12.8 Å². The molecule has 4 nitrogen and oxygen atoms in total. The number of sulfone groups is 1. The van der Waals surface area contributed by atoms with Crippen LogP contribution in [0.5, 0.6) is 0 Å². The number of hydrogen-bond acceptors (Lipinski definition) is 3. The predicted molar refractivity (Wildman–Crippen MR) is 78.4 cm³/mol. The number of hydrogen-bond donors (Lipinski definition) is 1. The van der Waals surface area contributed by atoms with Gasteiger partial charge in [0.05, 0.1) is 10.5 Å². The van der Waals surface area contributed by atoms with E-state index in [0.29, 0.717) is 6.54 Å². The number of carbonyl (C=O) groups is 1. The SMILES string of the molecule is CS(=O)(=O)c1ccc(F)c(C(=O)NCCC2=CCCC2)c1. The molecule has 0 saturated carbocycles. The number of rotatable bonds is 5. The maximum absolute atomic E-state index is 13.7. The summed E-state index contributed by atoms with van der Waals surface area (Å²) in [7, 11) is -3.46. The molecule has 0 spiro atoms. The monoisotopic (exact) mass is 311 g/mol. The Morgan fingerprint density at radius 3 is 2.76 bits per heavy atom. The first-order chi connectivity index (χ1) is 9.88. The second kappa shape index (κ2) is 6.39. The van der Waals surface area contributed by atoms with Gasteiger partial charge in [-0.2, -0.15) is 0 Å². The third-order valence-electron chi connectivity index (χ3n) is 3.48. The summed E-state index contributed by atoms with van der Waals surface area (Å²) in [6.45, 7) is 0.424. The van der Waals surface area contributed by atoms with Crippen molar-refractivity contribution in [1.82, 2.24) is 5.32 Å². The molecule has 0 radical (unpaired) electrons. The van der Waals surface area contributed by atoms with E-state index in [0.717, 1.165) is 50.1 Å². The van der Waals surface area contributed by atoms with Crippen LogP contribution in [0, 0.1) is 5.82 Å². The molecule has 2 rings (SSSR count). The molecule has 1 aliphatic carbocycles. The molecule has 114 valence electrons. The highest BCUT2D eigenvalue weighted by Crippen LogP contribution is 2.20. The van der Waals surface area contributed by atoms with Crippen LogP contribution in [-0.4, -0.2) is 27.1 Å². The lowest BCUT2D eigenvalue weighted by Crippen LogP contribution is -2.25. The summed E-state index contributed by atoms with van der Waals surface area (Å²) in [6, 6.07) is 3.24. The summed E-state index contributed by atoms with van der Waals surface area (Å²) in [4.78, 5) is 11.9. The summed E-state index contributed by atoms with van der Waals surface area (Å²) in [6.07, 6.45) is 7.21. The zero-order chi connectivity index (χ0) is 15.5. The minimum atomic E-state index is -3.46. The van der Waals surface area contributed by atoms with E-state index in [1.165, 1.54) is 5.57 Å². The Balaban J connectivity index is 2.04. The number of amides is 1. The van der Waals surface area contributed by atoms with Crippen LogP contribution in [0.3, 0.4) is 0 Å². The Morgan fingerprint density at radius 1 is 1.38 bits per heavy atom. The van der Waals surface area contributed by atoms with Crippen LogP contribution in [0.4, 0.5) is 4.39 Å². The smallest absolute Gasteiger partial charge is 0.254 e. The Kier molecular flexibility index (Phi) is 4.77. The minimum absolute atomic E-state index is 0.0625. The van der Waals surface area contributed by atoms with Gasteiger partial charge in [-0.05, 0) is 43.9 Å². The lowest BCUT2D eigenvalue weighted by atomic mass is 10.1. The topological polar surface area (TPSA) is 63.2 Å². The van der Waals surface area contributed by atoms with Crippen molar-refractivity contribution in [1.29, 1.82) is 0 Å². The zero-order valence-corrected chi connectivity index (χ0v) is 12.7. The van der Waals surface area contributed by atoms with Gasteiger partial charge in [0.2, 0.25) is 0 Å². The van der Waals surface area contributed by atoms with Gasteiger partial charge in [-0.15, -0.1) is 0 Å². The van der Waals surface area contributed by atoms with Gasteiger partial charge in [0.15, 0.2) is 9.84 Å². The molecule has 1 amide bonds. The highest BCUT2D eigenvalue weighted by molar-refractivity contribution is 7.90. The molecular formula is C15H18FNO3S. The summed E-state index contributed by atoms with van der Waals surface area (Å²) in [5.74, 6) is -1.31. The van der Waals surface area contributed by atoms with E-state index in [2.05, 4.69) is 11.4 Å². The van der Waals surface area contributed by atoms with Crippen LogP contribution in [0.15, 0.2) is 34.7 Å². The minimum Gasteiger partial charge on any atom is -0.352 e. The van der Waals surface area contributed by atoms with Crippen molar-refractivity contribution in [2.45, 2.75) is 30.6 Å². The molecule has 0 atom stereocenters. The molecule has 1 aromatic rings. The molecule has 0 heterocycles. The molecule has 6 heteroatoms. The van der Waals surface area contributed by atoms with Gasteiger partial charge >= 0.3 is 0 Å². The van der Waals surface area contributed by atoms with E-state index in [1.807, 2.05) is 0 Å². The van der Waals surface area contributed by atoms with E-state index in [-0.39, 0.29) is 10.5 Å². The average molecular weight is 311 g/mol. The van der Waals surface area contributed by atoms with E-state index in [1.54, 1.807) is 0 Å². The van der Waals surface area contributed by atoms with Crippen LogP contribution < -0.4 is 5.32 Å². The molecule has 0 aromatic heterocycles. The van der Waals surface area contributed by atoms with E-state index in [9.17, 15) is 17.6 Å². The fourth-order valence-electron chi connectivity index (χ4n) is 2.31. The maximum Gasteiger partial charge on any atom is 0.254 e. The summed E-state index contributed by atoms with van der Waals surface area (Å²) < 4.78 is 36.6. The first-order valence-corrected chi connectivity index (χ1v) is 8.73. The predicted octanol–water partition coefficient (Wildman–Crippen LogP) is 2.46. The molecule has 0 fully saturated rings. The van der Waals surface area contributed by atoms with Crippen LogP contribution >= 0.6 is 0 Å². The van der Waals surface area contributed by atoms with Crippen LogP contribution in [-0.2, 0) is 9.84 Å². The second-order valence-electron chi connectivity index (χ2n) is 5.17. The summed E-state index contributed by atoms with van der Waals surface area (Å²) in [5.41, 5.74) is 1.07. The first kappa shape index (κ1) is 15.7. The van der Waals surface area contributed by atoms with Crippen molar-refractivity contribution in [2.24, 2.45) is 0 Å². The highest BCUT2D eigenvalue weighted by atomic mass is 32.2. The Morgan fingerprint density at radius 2 is 2.14 bits per heavy atom. The fraction of sp³-hybridized carbons (Fsp3) is 0.400. The summed E-state index contributed by atoms with van der Waals surface area (Å²) in [5, 5.41) is 2.63. The van der Waals surface area contributed by atoms with Crippen molar-refractivity contribution in [3.05, 3.63) is 41.2 Å². The molecule has 0 bridgehead atoms. The Labute approximate surface area is 124 Å². The van der Waals surface area contributed by atoms with Crippen LogP contribution in [0.2, 0.25) is 0 Å². The fourth-order valence-corrected chi connectivity index (χ4v) is 2.95. The quantitative estimate of drug-likeness (QED) is 0.671. The van der Waals surface area contributed by atoms with E-state index < -0.39 is 21.6 Å². The van der Waals surface area contributed by atoms with Gasteiger partial charge in [-0.1, -0.05) is 11.6 Å². The van der Waals surface area contributed by atoms with Crippen molar-refractivity contribution >= 4 is 15.7 Å². The second-order valence-corrected chi connectivity index (χ2v) is 7.19. The lowest BCUT2D eigenvalue weighted by Gasteiger charge is -2.08. The third kappa shape index (κ3) is 4.14. The van der Waals surface area contributed by atoms with Gasteiger partial charge in [0.1, 0.15) is 5.82 Å². The molecule has 1 aromatic carbocycles. The third-order valence-corrected chi connectivity index (χ3v) is 4.59. The van der Waals surface area contributed by atoms with Crippen LogP contribution in [0.25, 0.3) is 0 Å². The van der Waals surface area contributed by atoms with E-state index >= 15 is 0 Å². The largest absolute Gasteiger partial charge is 0.352 e. The maximum atomic E-state index is 13.7. The molecule has 0 aliphatic heterocycles. The number of allylic oxidation sites excluding steroid dienone is 1. The molecule has 0 saturated heterocycles. The average Bonchev–Trinajstić information content (AvgIpc) is 2.91. The number of nitrogens with one attached hydrogen (secondary N) is 1. The van der Waals surface area contributed by atoms with Crippen molar-refractivity contribution in [3.8, 4) is 0 Å². The summed E-state index contributed by atoms with van der Waals surface area (Å²) >= 11 is 0. The first-order valence-electron chi connectivity index (χ1n) is 6.83. The van der Waals surface area contributed by atoms with Gasteiger partial charge in [0, 0.05) is 12.8 Å². The highest BCUT2D eigenvalue weighted by Gasteiger charge is 2.16. The Bertz CT molecular complexity index is 680. The standard InChI is InChI=1S/C15H18FNO3S/c1-21(19,20)12-6-7-14(16)13(10-12)15(18)17-9-8-11-4-2-3-5-11/h4,6-7,10H,2-3,5,8-9H2,1H3,(H,17,18). The van der Waals surface area contributed by atoms with E-state index in [4.69, 9.17) is 0 Å². The molecule has 21 heavy (non-hydrogen) atoms. The van der Waals surface area contributed by atoms with Gasteiger partial charge in [-0.25, -0.2) is 12.8 Å². The number of benzene rings is 1. The molecular weight excluding hydrogens is 293 g/mol. The number of halogens is 1. The zero-order valence-electron chi connectivity index (χ0n) is 11.9. The van der Waals surface area contributed by atoms with Gasteiger partial charge < -0.3 is 5.32 Å². The van der Waals surface area contributed by atoms with Crippen molar-refractivity contribution < 1.29 is 17.6 Å². The van der Waals surface area contributed by atoms with Crippen LogP contribution in [0.1, 0.15) is 36.0 Å². The van der Waals surface area contributed by atoms with Gasteiger partial charge in [0.25, 0.3) is 5.91 Å². The van der Waals surface area contributed by atoms with Crippen molar-refractivity contribution in [3.63, 3.8) is 0 Å². The number of carbonyl (C=O) groups excluding carboxylic acids is 1.